The molecule has 0 aromatic rings. The molecular formula is C10H13NO8. The lowest BCUT2D eigenvalue weighted by molar-refractivity contribution is -0.200. The number of carbonyl (C=O) groups excluding carboxylic acids is 3. The van der Waals surface area contributed by atoms with Crippen molar-refractivity contribution in [3.63, 3.8) is 0 Å². The van der Waals surface area contributed by atoms with Gasteiger partial charge in [-0.05, 0) is 0 Å². The van der Waals surface area contributed by atoms with Gasteiger partial charge in [-0.2, -0.15) is 0 Å². The summed E-state index contributed by atoms with van der Waals surface area (Å²) in [6.45, 7) is -0.927. The highest BCUT2D eigenvalue weighted by molar-refractivity contribution is 6.01. The van der Waals surface area contributed by atoms with Gasteiger partial charge in [0.05, 0.1) is 13.2 Å². The molecule has 0 radical (unpaired) electrons. The minimum Gasteiger partial charge on any atom is -0.480 e. The van der Waals surface area contributed by atoms with Gasteiger partial charge in [0.15, 0.2) is 0 Å². The third kappa shape index (κ3) is 5.44. The van der Waals surface area contributed by atoms with E-state index < -0.39 is 37.0 Å². The van der Waals surface area contributed by atoms with Crippen LogP contribution in [0.3, 0.4) is 0 Å². The molecule has 1 aliphatic heterocycles. The second-order valence-electron chi connectivity index (χ2n) is 3.54. The van der Waals surface area contributed by atoms with Gasteiger partial charge >= 0.3 is 11.9 Å². The first-order chi connectivity index (χ1) is 9.00. The second-order valence-corrected chi connectivity index (χ2v) is 3.54. The summed E-state index contributed by atoms with van der Waals surface area (Å²) < 4.78 is 9.47. The van der Waals surface area contributed by atoms with Crippen molar-refractivity contribution in [1.82, 2.24) is 5.06 Å². The third-order valence-electron chi connectivity index (χ3n) is 2.02. The lowest BCUT2D eigenvalue weighted by Gasteiger charge is -2.12. The van der Waals surface area contributed by atoms with E-state index in [0.29, 0.717) is 5.06 Å². The Hall–Kier alpha value is -2.00. The van der Waals surface area contributed by atoms with Crippen molar-refractivity contribution in [1.29, 1.82) is 0 Å². The maximum absolute atomic E-state index is 11.2. The fourth-order valence-corrected chi connectivity index (χ4v) is 1.22. The molecule has 0 aromatic heterocycles. The molecule has 1 fully saturated rings. The molecular weight excluding hydrogens is 262 g/mol. The summed E-state index contributed by atoms with van der Waals surface area (Å²) in [5.74, 6) is -3.13. The largest absolute Gasteiger partial charge is 0.480 e. The van der Waals surface area contributed by atoms with Crippen molar-refractivity contribution in [2.24, 2.45) is 0 Å². The maximum atomic E-state index is 11.2. The molecule has 2 amide bonds. The van der Waals surface area contributed by atoms with Gasteiger partial charge < -0.3 is 19.4 Å². The third-order valence-corrected chi connectivity index (χ3v) is 2.02. The Morgan fingerprint density at radius 3 is 2.11 bits per heavy atom. The minimum atomic E-state index is -1.11. The van der Waals surface area contributed by atoms with E-state index in [1.807, 2.05) is 0 Å². The van der Waals surface area contributed by atoms with Gasteiger partial charge in [-0.15, -0.1) is 5.06 Å². The Morgan fingerprint density at radius 1 is 1.05 bits per heavy atom. The van der Waals surface area contributed by atoms with E-state index in [2.05, 4.69) is 9.57 Å². The Kier molecular flexibility index (Phi) is 5.90. The molecule has 1 rings (SSSR count). The molecule has 106 valence electrons. The summed E-state index contributed by atoms with van der Waals surface area (Å²) in [7, 11) is 0. The molecule has 1 aliphatic rings. The van der Waals surface area contributed by atoms with Gasteiger partial charge in [0.2, 0.25) is 0 Å². The minimum absolute atomic E-state index is 0.00115. The smallest absolute Gasteiger partial charge is 0.358 e. The van der Waals surface area contributed by atoms with Crippen LogP contribution in [0.2, 0.25) is 0 Å². The highest BCUT2D eigenvalue weighted by Crippen LogP contribution is 2.11. The molecule has 0 aliphatic carbocycles. The molecule has 9 nitrogen and oxygen atoms in total. The molecule has 1 heterocycles. The number of carbonyl (C=O) groups is 4. The van der Waals surface area contributed by atoms with Crippen molar-refractivity contribution in [3.8, 4) is 0 Å². The Balaban J connectivity index is 2.10. The Morgan fingerprint density at radius 2 is 1.58 bits per heavy atom. The first-order valence-corrected chi connectivity index (χ1v) is 5.44. The zero-order valence-corrected chi connectivity index (χ0v) is 9.99. The van der Waals surface area contributed by atoms with Gasteiger partial charge in [0.1, 0.15) is 13.2 Å². The Bertz CT molecular complexity index is 364. The van der Waals surface area contributed by atoms with Crippen LogP contribution in [0.4, 0.5) is 0 Å². The van der Waals surface area contributed by atoms with Crippen molar-refractivity contribution in [2.75, 3.05) is 26.4 Å². The Labute approximate surface area is 108 Å². The van der Waals surface area contributed by atoms with E-state index in [0.717, 1.165) is 0 Å². The highest BCUT2D eigenvalue weighted by Gasteiger charge is 2.32. The molecule has 0 saturated carbocycles. The predicted octanol–water partition coefficient (Wildman–Crippen LogP) is -1.29. The highest BCUT2D eigenvalue weighted by atomic mass is 16.7. The zero-order chi connectivity index (χ0) is 14.3. The SMILES string of the molecule is O=C(O)COCCOCC(=O)ON1C(=O)CCC1=O. The number of amides is 2. The van der Waals surface area contributed by atoms with Crippen LogP contribution in [0.5, 0.6) is 0 Å². The van der Waals surface area contributed by atoms with E-state index >= 15 is 0 Å². The van der Waals surface area contributed by atoms with Crippen LogP contribution in [-0.2, 0) is 33.5 Å². The number of hydrogen-bond donors (Lipinski definition) is 1. The molecule has 0 unspecified atom stereocenters. The van der Waals surface area contributed by atoms with Crippen LogP contribution in [0.1, 0.15) is 12.8 Å². The lowest BCUT2D eigenvalue weighted by Crippen LogP contribution is -2.33. The van der Waals surface area contributed by atoms with Crippen LogP contribution in [0.15, 0.2) is 0 Å². The number of imide groups is 1. The van der Waals surface area contributed by atoms with Gasteiger partial charge in [0, 0.05) is 12.8 Å². The van der Waals surface area contributed by atoms with Crippen molar-refractivity contribution in [3.05, 3.63) is 0 Å². The summed E-state index contributed by atoms with van der Waals surface area (Å²) in [6, 6.07) is 0. The summed E-state index contributed by atoms with van der Waals surface area (Å²) in [5, 5.41) is 8.68. The average molecular weight is 275 g/mol. The number of hydroxylamine groups is 2. The summed E-state index contributed by atoms with van der Waals surface area (Å²) in [5.41, 5.74) is 0. The van der Waals surface area contributed by atoms with Crippen LogP contribution in [0.25, 0.3) is 0 Å². The second kappa shape index (κ2) is 7.44. The number of aliphatic carboxylic acids is 1. The predicted molar refractivity (Wildman–Crippen MR) is 56.5 cm³/mol. The number of rotatable bonds is 8. The van der Waals surface area contributed by atoms with Crippen molar-refractivity contribution >= 4 is 23.8 Å². The molecule has 1 saturated heterocycles. The van der Waals surface area contributed by atoms with Gasteiger partial charge in [-0.25, -0.2) is 9.59 Å². The summed E-state index contributed by atoms with van der Waals surface area (Å²) >= 11 is 0. The van der Waals surface area contributed by atoms with Crippen LogP contribution in [0, 0.1) is 0 Å². The van der Waals surface area contributed by atoms with E-state index in [9.17, 15) is 19.2 Å². The van der Waals surface area contributed by atoms with Crippen molar-refractivity contribution < 1.29 is 38.6 Å². The number of nitrogens with zero attached hydrogens (tertiary/aromatic N) is 1. The number of ether oxygens (including phenoxy) is 2. The molecule has 0 aromatic carbocycles. The molecule has 0 bridgehead atoms. The molecule has 1 N–H and O–H groups in total. The van der Waals surface area contributed by atoms with Gasteiger partial charge in [-0.1, -0.05) is 0 Å². The standard InChI is InChI=1S/C10H13NO8/c12-7-1-2-8(13)11(7)19-10(16)6-18-4-3-17-5-9(14)15/h1-6H2,(H,14,15). The first kappa shape index (κ1) is 15.1. The van der Waals surface area contributed by atoms with Gasteiger partial charge in [0.25, 0.3) is 11.8 Å². The maximum Gasteiger partial charge on any atom is 0.358 e. The van der Waals surface area contributed by atoms with Gasteiger partial charge in [-0.3, -0.25) is 9.59 Å². The number of carboxylic acid groups (broad SMARTS) is 1. The van der Waals surface area contributed by atoms with Crippen molar-refractivity contribution in [2.45, 2.75) is 12.8 Å². The molecule has 0 atom stereocenters. The quantitative estimate of drug-likeness (QED) is 0.429. The van der Waals surface area contributed by atoms with Crippen LogP contribution in [-0.4, -0.2) is 60.4 Å². The first-order valence-electron chi connectivity index (χ1n) is 5.44. The lowest BCUT2D eigenvalue weighted by atomic mass is 10.4. The van der Waals surface area contributed by atoms with E-state index in [1.165, 1.54) is 0 Å². The van der Waals surface area contributed by atoms with E-state index in [-0.39, 0.29) is 26.1 Å². The monoisotopic (exact) mass is 275 g/mol. The van der Waals surface area contributed by atoms with Crippen LogP contribution >= 0.6 is 0 Å². The number of carboxylic acids is 1. The average Bonchev–Trinajstić information content (AvgIpc) is 2.65. The van der Waals surface area contributed by atoms with E-state index in [4.69, 9.17) is 9.84 Å². The fourth-order valence-electron chi connectivity index (χ4n) is 1.22. The molecule has 9 heteroatoms. The summed E-state index contributed by atoms with van der Waals surface area (Å²) in [4.78, 5) is 48.0. The van der Waals surface area contributed by atoms with E-state index in [1.54, 1.807) is 0 Å². The number of hydrogen-bond acceptors (Lipinski definition) is 7. The fraction of sp³-hybridized carbons (Fsp3) is 0.600. The zero-order valence-electron chi connectivity index (χ0n) is 9.99. The summed E-state index contributed by atoms with van der Waals surface area (Å²) in [6.07, 6.45) is 0.0476. The topological polar surface area (TPSA) is 119 Å². The van der Waals surface area contributed by atoms with Crippen LogP contribution < -0.4 is 0 Å². The molecule has 0 spiro atoms. The normalized spacial score (nSPS) is 14.8. The molecule has 19 heavy (non-hydrogen) atoms.